The molecule has 0 saturated carbocycles. The Bertz CT molecular complexity index is 532. The van der Waals surface area contributed by atoms with Gasteiger partial charge in [-0.2, -0.15) is 0 Å². The standard InChI is InChI=1S/C21H39N5O.HI/c1-7-22-21(25-18(6)11-10-14-26(8-2)9-3)24-16-19-12-13-20(23-15-19)27-17(4)5;/h12-13,15,17-18H,7-11,14,16H2,1-6H3,(H2,22,24,25);1H. The highest BCUT2D eigenvalue weighted by molar-refractivity contribution is 14.0. The molecule has 0 bridgehead atoms. The number of nitrogens with zero attached hydrogens (tertiary/aromatic N) is 3. The van der Waals surface area contributed by atoms with Crippen LogP contribution in [0.5, 0.6) is 5.88 Å². The lowest BCUT2D eigenvalue weighted by atomic mass is 10.2. The van der Waals surface area contributed by atoms with E-state index in [-0.39, 0.29) is 30.1 Å². The van der Waals surface area contributed by atoms with Gasteiger partial charge in [0.15, 0.2) is 5.96 Å². The third kappa shape index (κ3) is 11.7. The highest BCUT2D eigenvalue weighted by Crippen LogP contribution is 2.10. The first-order valence-corrected chi connectivity index (χ1v) is 10.4. The number of aromatic nitrogens is 1. The van der Waals surface area contributed by atoms with E-state index in [1.54, 1.807) is 0 Å². The van der Waals surface area contributed by atoms with Crippen molar-refractivity contribution < 1.29 is 4.74 Å². The van der Waals surface area contributed by atoms with E-state index in [0.717, 1.165) is 44.1 Å². The molecule has 0 amide bonds. The maximum absolute atomic E-state index is 5.58. The van der Waals surface area contributed by atoms with Gasteiger partial charge in [-0.1, -0.05) is 19.9 Å². The number of ether oxygens (including phenoxy) is 1. The molecule has 28 heavy (non-hydrogen) atoms. The van der Waals surface area contributed by atoms with E-state index in [4.69, 9.17) is 9.73 Å². The number of halogens is 1. The Labute approximate surface area is 189 Å². The summed E-state index contributed by atoms with van der Waals surface area (Å²) in [7, 11) is 0. The molecule has 1 unspecified atom stereocenters. The summed E-state index contributed by atoms with van der Waals surface area (Å²) in [4.78, 5) is 11.5. The maximum atomic E-state index is 5.58. The molecule has 0 aliphatic carbocycles. The second kappa shape index (κ2) is 15.8. The van der Waals surface area contributed by atoms with Crippen LogP contribution in [0.1, 0.15) is 59.9 Å². The molecule has 2 N–H and O–H groups in total. The normalized spacial score (nSPS) is 12.6. The average molecular weight is 505 g/mol. The van der Waals surface area contributed by atoms with E-state index in [1.807, 2.05) is 32.2 Å². The molecule has 0 aliphatic rings. The van der Waals surface area contributed by atoms with Gasteiger partial charge < -0.3 is 20.3 Å². The van der Waals surface area contributed by atoms with Crippen LogP contribution >= 0.6 is 24.0 Å². The topological polar surface area (TPSA) is 61.8 Å². The first-order valence-electron chi connectivity index (χ1n) is 10.4. The van der Waals surface area contributed by atoms with Crippen LogP contribution in [-0.4, -0.2) is 54.2 Å². The Hall–Kier alpha value is -1.09. The van der Waals surface area contributed by atoms with Crippen LogP contribution in [0.4, 0.5) is 0 Å². The Balaban J connectivity index is 0.00000729. The third-order valence-electron chi connectivity index (χ3n) is 4.31. The summed E-state index contributed by atoms with van der Waals surface area (Å²) < 4.78 is 5.58. The largest absolute Gasteiger partial charge is 0.475 e. The number of guanidine groups is 1. The number of nitrogens with one attached hydrogen (secondary N) is 2. The summed E-state index contributed by atoms with van der Waals surface area (Å²) in [6.45, 7) is 17.6. The maximum Gasteiger partial charge on any atom is 0.213 e. The number of rotatable bonds is 12. The van der Waals surface area contributed by atoms with Crippen molar-refractivity contribution in [3.8, 4) is 5.88 Å². The van der Waals surface area contributed by atoms with Crippen molar-refractivity contribution in [3.05, 3.63) is 23.9 Å². The molecular weight excluding hydrogens is 465 g/mol. The Morgan fingerprint density at radius 2 is 1.89 bits per heavy atom. The van der Waals surface area contributed by atoms with Crippen molar-refractivity contribution in [2.24, 2.45) is 4.99 Å². The number of aliphatic imine (C=N–C) groups is 1. The van der Waals surface area contributed by atoms with Crippen molar-refractivity contribution in [1.29, 1.82) is 0 Å². The van der Waals surface area contributed by atoms with Crippen LogP contribution in [-0.2, 0) is 6.54 Å². The molecule has 1 aromatic heterocycles. The fourth-order valence-corrected chi connectivity index (χ4v) is 2.77. The Morgan fingerprint density at radius 3 is 2.43 bits per heavy atom. The predicted molar refractivity (Wildman–Crippen MR) is 130 cm³/mol. The zero-order chi connectivity index (χ0) is 20.1. The van der Waals surface area contributed by atoms with Crippen LogP contribution in [0.15, 0.2) is 23.3 Å². The van der Waals surface area contributed by atoms with Crippen LogP contribution in [0.25, 0.3) is 0 Å². The van der Waals surface area contributed by atoms with Crippen molar-refractivity contribution in [1.82, 2.24) is 20.5 Å². The SMILES string of the molecule is CCNC(=NCc1ccc(OC(C)C)nc1)NC(C)CCCN(CC)CC.I. The number of hydrogen-bond donors (Lipinski definition) is 2. The van der Waals surface area contributed by atoms with E-state index in [9.17, 15) is 0 Å². The van der Waals surface area contributed by atoms with Gasteiger partial charge in [0.1, 0.15) is 0 Å². The molecule has 0 spiro atoms. The summed E-state index contributed by atoms with van der Waals surface area (Å²) in [5, 5.41) is 6.84. The van der Waals surface area contributed by atoms with Crippen LogP contribution in [0, 0.1) is 0 Å². The zero-order valence-corrected chi connectivity index (χ0v) is 20.8. The molecule has 1 heterocycles. The molecule has 0 fully saturated rings. The van der Waals surface area contributed by atoms with Crippen molar-refractivity contribution >= 4 is 29.9 Å². The van der Waals surface area contributed by atoms with E-state index in [2.05, 4.69) is 48.2 Å². The zero-order valence-electron chi connectivity index (χ0n) is 18.5. The fraction of sp³-hybridized carbons (Fsp3) is 0.714. The molecule has 0 saturated heterocycles. The fourth-order valence-electron chi connectivity index (χ4n) is 2.77. The first kappa shape index (κ1) is 26.9. The number of pyridine rings is 1. The smallest absolute Gasteiger partial charge is 0.213 e. The molecule has 0 aromatic carbocycles. The quantitative estimate of drug-likeness (QED) is 0.255. The Kier molecular flexibility index (Phi) is 15.2. The van der Waals surface area contributed by atoms with Gasteiger partial charge in [0.2, 0.25) is 5.88 Å². The number of hydrogen-bond acceptors (Lipinski definition) is 4. The molecular formula is C21H40IN5O. The molecule has 0 radical (unpaired) electrons. The molecule has 0 aliphatic heterocycles. The van der Waals surface area contributed by atoms with Crippen molar-refractivity contribution in [2.75, 3.05) is 26.2 Å². The van der Waals surface area contributed by atoms with Gasteiger partial charge in [0.25, 0.3) is 0 Å². The van der Waals surface area contributed by atoms with E-state index >= 15 is 0 Å². The average Bonchev–Trinajstić information content (AvgIpc) is 2.64. The monoisotopic (exact) mass is 505 g/mol. The van der Waals surface area contributed by atoms with Gasteiger partial charge in [-0.25, -0.2) is 9.98 Å². The van der Waals surface area contributed by atoms with Gasteiger partial charge in [0.05, 0.1) is 12.6 Å². The summed E-state index contributed by atoms with van der Waals surface area (Å²) in [5.74, 6) is 1.51. The minimum absolute atomic E-state index is 0. The molecule has 1 aromatic rings. The summed E-state index contributed by atoms with van der Waals surface area (Å²) >= 11 is 0. The van der Waals surface area contributed by atoms with Gasteiger partial charge in [0, 0.05) is 24.8 Å². The van der Waals surface area contributed by atoms with Gasteiger partial charge in [-0.15, -0.1) is 24.0 Å². The Morgan fingerprint density at radius 1 is 1.18 bits per heavy atom. The van der Waals surface area contributed by atoms with Crippen molar-refractivity contribution in [3.63, 3.8) is 0 Å². The summed E-state index contributed by atoms with van der Waals surface area (Å²) in [6.07, 6.45) is 4.28. The lowest BCUT2D eigenvalue weighted by Crippen LogP contribution is -2.42. The second-order valence-electron chi connectivity index (χ2n) is 7.08. The summed E-state index contributed by atoms with van der Waals surface area (Å²) in [6, 6.07) is 4.31. The minimum Gasteiger partial charge on any atom is -0.475 e. The van der Waals surface area contributed by atoms with Crippen LogP contribution in [0.3, 0.4) is 0 Å². The minimum atomic E-state index is 0. The second-order valence-corrected chi connectivity index (χ2v) is 7.08. The van der Waals surface area contributed by atoms with Crippen LogP contribution in [0.2, 0.25) is 0 Å². The highest BCUT2D eigenvalue weighted by Gasteiger charge is 2.07. The van der Waals surface area contributed by atoms with Gasteiger partial charge in [-0.3, -0.25) is 0 Å². The first-order chi connectivity index (χ1) is 13.0. The molecule has 162 valence electrons. The van der Waals surface area contributed by atoms with Gasteiger partial charge >= 0.3 is 0 Å². The highest BCUT2D eigenvalue weighted by atomic mass is 127. The molecule has 1 rings (SSSR count). The van der Waals surface area contributed by atoms with E-state index < -0.39 is 0 Å². The molecule has 7 heteroatoms. The van der Waals surface area contributed by atoms with Gasteiger partial charge in [-0.05, 0) is 65.7 Å². The lowest BCUT2D eigenvalue weighted by Gasteiger charge is -2.21. The summed E-state index contributed by atoms with van der Waals surface area (Å²) in [5.41, 5.74) is 1.07. The van der Waals surface area contributed by atoms with E-state index in [1.165, 1.54) is 6.42 Å². The van der Waals surface area contributed by atoms with Crippen LogP contribution < -0.4 is 15.4 Å². The molecule has 6 nitrogen and oxygen atoms in total. The molecule has 1 atom stereocenters. The third-order valence-corrected chi connectivity index (χ3v) is 4.31. The lowest BCUT2D eigenvalue weighted by molar-refractivity contribution is 0.232. The predicted octanol–water partition coefficient (Wildman–Crippen LogP) is 4.05. The van der Waals surface area contributed by atoms with Crippen molar-refractivity contribution in [2.45, 2.75) is 73.1 Å². The van der Waals surface area contributed by atoms with E-state index in [0.29, 0.717) is 18.5 Å².